The first-order valence-electron chi connectivity index (χ1n) is 8.69. The van der Waals surface area contributed by atoms with Gasteiger partial charge in [0.25, 0.3) is 0 Å². The number of carboxylic acids is 1. The molecule has 0 aromatic heterocycles. The summed E-state index contributed by atoms with van der Waals surface area (Å²) in [6.07, 6.45) is 0.945. The van der Waals surface area contributed by atoms with Crippen LogP contribution >= 0.6 is 0 Å². The molecule has 0 bridgehead atoms. The van der Waals surface area contributed by atoms with E-state index in [1.807, 2.05) is 51.1 Å². The molecule has 0 aliphatic heterocycles. The first kappa shape index (κ1) is 21.0. The molecular formula is C19H30N2O4. The average molecular weight is 350 g/mol. The SMILES string of the molecule is COC(C)CN(C(=O)NC(CCC(=O)O)Cc1ccccc1)C(C)C. The zero-order valence-electron chi connectivity index (χ0n) is 15.6. The van der Waals surface area contributed by atoms with Gasteiger partial charge in [0.15, 0.2) is 0 Å². The number of carbonyl (C=O) groups is 2. The van der Waals surface area contributed by atoms with Crippen molar-refractivity contribution in [2.24, 2.45) is 0 Å². The molecule has 2 unspecified atom stereocenters. The standard InChI is InChI=1S/C19H30N2O4/c1-14(2)21(13-15(3)25-4)19(24)20-17(10-11-18(22)23)12-16-8-6-5-7-9-16/h5-9,14-15,17H,10-13H2,1-4H3,(H,20,24)(H,22,23). The summed E-state index contributed by atoms with van der Waals surface area (Å²) in [5.74, 6) is -0.860. The Balaban J connectivity index is 2.78. The summed E-state index contributed by atoms with van der Waals surface area (Å²) >= 11 is 0. The molecule has 0 radical (unpaired) electrons. The van der Waals surface area contributed by atoms with Crippen LogP contribution in [0.3, 0.4) is 0 Å². The molecule has 0 heterocycles. The number of aliphatic carboxylic acids is 1. The summed E-state index contributed by atoms with van der Waals surface area (Å²) in [5, 5.41) is 12.0. The van der Waals surface area contributed by atoms with Crippen LogP contribution in [0, 0.1) is 0 Å². The number of ether oxygens (including phenoxy) is 1. The van der Waals surface area contributed by atoms with Gasteiger partial charge in [-0.1, -0.05) is 30.3 Å². The lowest BCUT2D eigenvalue weighted by Gasteiger charge is -2.31. The van der Waals surface area contributed by atoms with Crippen molar-refractivity contribution in [2.45, 2.75) is 58.2 Å². The van der Waals surface area contributed by atoms with Crippen LogP contribution in [0.1, 0.15) is 39.2 Å². The maximum Gasteiger partial charge on any atom is 0.317 e. The summed E-state index contributed by atoms with van der Waals surface area (Å²) in [6.45, 7) is 6.29. The third kappa shape index (κ3) is 8.03. The number of nitrogens with zero attached hydrogens (tertiary/aromatic N) is 1. The fourth-order valence-electron chi connectivity index (χ4n) is 2.56. The zero-order chi connectivity index (χ0) is 18.8. The number of amides is 2. The second-order valence-electron chi connectivity index (χ2n) is 6.56. The molecule has 0 aliphatic rings. The van der Waals surface area contributed by atoms with Crippen molar-refractivity contribution in [3.63, 3.8) is 0 Å². The molecule has 2 N–H and O–H groups in total. The molecule has 6 nitrogen and oxygen atoms in total. The van der Waals surface area contributed by atoms with Gasteiger partial charge in [-0.2, -0.15) is 0 Å². The molecule has 6 heteroatoms. The van der Waals surface area contributed by atoms with Gasteiger partial charge in [-0.15, -0.1) is 0 Å². The quantitative estimate of drug-likeness (QED) is 0.680. The smallest absolute Gasteiger partial charge is 0.317 e. The number of methoxy groups -OCH3 is 1. The number of hydrogen-bond donors (Lipinski definition) is 2. The van der Waals surface area contributed by atoms with Crippen LogP contribution in [0.4, 0.5) is 4.79 Å². The number of urea groups is 1. The number of benzene rings is 1. The van der Waals surface area contributed by atoms with Crippen molar-refractivity contribution < 1.29 is 19.4 Å². The van der Waals surface area contributed by atoms with Crippen molar-refractivity contribution in [3.05, 3.63) is 35.9 Å². The Kier molecular flexibility index (Phi) is 8.99. The highest BCUT2D eigenvalue weighted by molar-refractivity contribution is 5.75. The molecule has 2 atom stereocenters. The summed E-state index contributed by atoms with van der Waals surface area (Å²) in [4.78, 5) is 25.3. The molecule has 140 valence electrons. The van der Waals surface area contributed by atoms with E-state index in [4.69, 9.17) is 9.84 Å². The second kappa shape index (κ2) is 10.7. The molecule has 0 aliphatic carbocycles. The van der Waals surface area contributed by atoms with Gasteiger partial charge in [-0.05, 0) is 39.2 Å². The van der Waals surface area contributed by atoms with Crippen molar-refractivity contribution >= 4 is 12.0 Å². The highest BCUT2D eigenvalue weighted by Crippen LogP contribution is 2.10. The lowest BCUT2D eigenvalue weighted by molar-refractivity contribution is -0.137. The number of nitrogens with one attached hydrogen (secondary N) is 1. The lowest BCUT2D eigenvalue weighted by Crippen LogP contribution is -2.50. The van der Waals surface area contributed by atoms with Crippen LogP contribution in [0.2, 0.25) is 0 Å². The van der Waals surface area contributed by atoms with Gasteiger partial charge in [-0.3, -0.25) is 4.79 Å². The Bertz CT molecular complexity index is 533. The maximum atomic E-state index is 12.7. The number of carboxylic acid groups (broad SMARTS) is 1. The highest BCUT2D eigenvalue weighted by atomic mass is 16.5. The minimum atomic E-state index is -0.860. The van der Waals surface area contributed by atoms with Crippen molar-refractivity contribution in [1.29, 1.82) is 0 Å². The summed E-state index contributed by atoms with van der Waals surface area (Å²) in [5.41, 5.74) is 1.07. The predicted octanol–water partition coefficient (Wildman–Crippen LogP) is 2.92. The molecular weight excluding hydrogens is 320 g/mol. The van der Waals surface area contributed by atoms with E-state index in [1.54, 1.807) is 12.0 Å². The lowest BCUT2D eigenvalue weighted by atomic mass is 10.0. The molecule has 1 aromatic carbocycles. The first-order chi connectivity index (χ1) is 11.8. The summed E-state index contributed by atoms with van der Waals surface area (Å²) < 4.78 is 5.26. The van der Waals surface area contributed by atoms with Crippen LogP contribution in [0.25, 0.3) is 0 Å². The number of hydrogen-bond acceptors (Lipinski definition) is 3. The summed E-state index contributed by atoms with van der Waals surface area (Å²) in [7, 11) is 1.62. The Labute approximate surface area is 150 Å². The maximum absolute atomic E-state index is 12.7. The Morgan fingerprint density at radius 2 is 1.84 bits per heavy atom. The Morgan fingerprint density at radius 3 is 2.36 bits per heavy atom. The van der Waals surface area contributed by atoms with E-state index in [0.29, 0.717) is 19.4 Å². The van der Waals surface area contributed by atoms with Crippen LogP contribution in [0.15, 0.2) is 30.3 Å². The van der Waals surface area contributed by atoms with E-state index in [2.05, 4.69) is 5.32 Å². The van der Waals surface area contributed by atoms with Gasteiger partial charge >= 0.3 is 12.0 Å². The summed E-state index contributed by atoms with van der Waals surface area (Å²) in [6, 6.07) is 9.36. The van der Waals surface area contributed by atoms with E-state index in [9.17, 15) is 9.59 Å². The van der Waals surface area contributed by atoms with E-state index in [-0.39, 0.29) is 30.6 Å². The van der Waals surface area contributed by atoms with Crippen molar-refractivity contribution in [2.75, 3.05) is 13.7 Å². The third-order valence-electron chi connectivity index (χ3n) is 4.10. The highest BCUT2D eigenvalue weighted by Gasteiger charge is 2.22. The number of carbonyl (C=O) groups excluding carboxylic acids is 1. The number of rotatable bonds is 10. The minimum Gasteiger partial charge on any atom is -0.481 e. The van der Waals surface area contributed by atoms with Gasteiger partial charge in [0.05, 0.1) is 6.10 Å². The molecule has 0 saturated heterocycles. The topological polar surface area (TPSA) is 78.9 Å². The largest absolute Gasteiger partial charge is 0.481 e. The van der Waals surface area contributed by atoms with E-state index < -0.39 is 5.97 Å². The first-order valence-corrected chi connectivity index (χ1v) is 8.69. The predicted molar refractivity (Wildman–Crippen MR) is 97.6 cm³/mol. The fraction of sp³-hybridized carbons (Fsp3) is 0.579. The monoisotopic (exact) mass is 350 g/mol. The van der Waals surface area contributed by atoms with E-state index in [0.717, 1.165) is 5.56 Å². The normalized spacial score (nSPS) is 13.3. The van der Waals surface area contributed by atoms with Crippen LogP contribution in [-0.4, -0.2) is 53.8 Å². The van der Waals surface area contributed by atoms with Gasteiger partial charge in [0.2, 0.25) is 0 Å². The third-order valence-corrected chi connectivity index (χ3v) is 4.10. The molecule has 0 fully saturated rings. The van der Waals surface area contributed by atoms with Gasteiger partial charge in [-0.25, -0.2) is 4.79 Å². The van der Waals surface area contributed by atoms with Crippen LogP contribution < -0.4 is 5.32 Å². The fourth-order valence-corrected chi connectivity index (χ4v) is 2.56. The van der Waals surface area contributed by atoms with Gasteiger partial charge in [0, 0.05) is 32.2 Å². The molecule has 1 rings (SSSR count). The molecule has 1 aromatic rings. The zero-order valence-corrected chi connectivity index (χ0v) is 15.6. The van der Waals surface area contributed by atoms with E-state index in [1.165, 1.54) is 0 Å². The van der Waals surface area contributed by atoms with Crippen molar-refractivity contribution in [3.8, 4) is 0 Å². The van der Waals surface area contributed by atoms with Gasteiger partial charge in [0.1, 0.15) is 0 Å². The van der Waals surface area contributed by atoms with Crippen molar-refractivity contribution in [1.82, 2.24) is 10.2 Å². The molecule has 2 amide bonds. The average Bonchev–Trinajstić information content (AvgIpc) is 2.57. The second-order valence-corrected chi connectivity index (χ2v) is 6.56. The molecule has 0 spiro atoms. The minimum absolute atomic E-state index is 0.0218. The Hall–Kier alpha value is -2.08. The molecule has 25 heavy (non-hydrogen) atoms. The van der Waals surface area contributed by atoms with Crippen LogP contribution in [0.5, 0.6) is 0 Å². The van der Waals surface area contributed by atoms with E-state index >= 15 is 0 Å². The van der Waals surface area contributed by atoms with Crippen LogP contribution in [-0.2, 0) is 16.0 Å². The Morgan fingerprint density at radius 1 is 1.20 bits per heavy atom. The molecule has 0 saturated carbocycles. The van der Waals surface area contributed by atoms with Gasteiger partial charge < -0.3 is 20.1 Å².